The number of sulfonamides is 1. The van der Waals surface area contributed by atoms with Crippen molar-refractivity contribution >= 4 is 51.6 Å². The Labute approximate surface area is 178 Å². The molecule has 148 valence electrons. The molecule has 0 aromatic heterocycles. The second kappa shape index (κ2) is 10.7. The van der Waals surface area contributed by atoms with E-state index in [0.717, 1.165) is 35.9 Å². The molecule has 0 aliphatic carbocycles. The van der Waals surface area contributed by atoms with Gasteiger partial charge >= 0.3 is 0 Å². The summed E-state index contributed by atoms with van der Waals surface area (Å²) in [6.07, 6.45) is 2.99. The van der Waals surface area contributed by atoms with Gasteiger partial charge in [-0.2, -0.15) is 0 Å². The van der Waals surface area contributed by atoms with E-state index in [2.05, 4.69) is 15.6 Å². The Kier molecular flexibility index (Phi) is 9.63. The Morgan fingerprint density at radius 3 is 2.50 bits per heavy atom. The summed E-state index contributed by atoms with van der Waals surface area (Å²) in [6, 6.07) is 7.78. The summed E-state index contributed by atoms with van der Waals surface area (Å²) in [5, 5.41) is 7.41. The summed E-state index contributed by atoms with van der Waals surface area (Å²) in [6.45, 7) is 3.99. The van der Waals surface area contributed by atoms with Crippen molar-refractivity contribution in [2.45, 2.75) is 25.8 Å². The van der Waals surface area contributed by atoms with Crippen molar-refractivity contribution < 1.29 is 8.42 Å². The zero-order chi connectivity index (χ0) is 18.4. The molecule has 0 bridgehead atoms. The first-order valence-corrected chi connectivity index (χ1v) is 10.7. The third-order valence-electron chi connectivity index (χ3n) is 4.55. The predicted octanol–water partition coefficient (Wildman–Crippen LogP) is 2.86. The average molecular weight is 515 g/mol. The molecule has 1 heterocycles. The van der Waals surface area contributed by atoms with Gasteiger partial charge in [-0.1, -0.05) is 29.8 Å². The average Bonchev–Trinajstić information content (AvgIpc) is 2.58. The molecule has 0 radical (unpaired) electrons. The van der Waals surface area contributed by atoms with Gasteiger partial charge in [-0.3, -0.25) is 4.99 Å². The standard InChI is InChI=1S/C17H27ClN4O2S.HI/c1-13(15-6-4-5-7-16(15)18)21-17(19-2)20-12-14-8-10-22(11-9-14)25(3,23)24;/h4-7,13-14H,8-12H2,1-3H3,(H2,19,20,21);1H. The molecular weight excluding hydrogens is 487 g/mol. The van der Waals surface area contributed by atoms with Crippen LogP contribution in [0.3, 0.4) is 0 Å². The van der Waals surface area contributed by atoms with Crippen molar-refractivity contribution in [1.82, 2.24) is 14.9 Å². The highest BCUT2D eigenvalue weighted by atomic mass is 127. The fourth-order valence-electron chi connectivity index (χ4n) is 2.99. The van der Waals surface area contributed by atoms with Crippen LogP contribution in [0.25, 0.3) is 0 Å². The van der Waals surface area contributed by atoms with Crippen molar-refractivity contribution in [3.8, 4) is 0 Å². The van der Waals surface area contributed by atoms with Crippen LogP contribution in [0.2, 0.25) is 5.02 Å². The molecular formula is C17H28ClIN4O2S. The van der Waals surface area contributed by atoms with Gasteiger partial charge in [0.25, 0.3) is 0 Å². The number of hydrogen-bond acceptors (Lipinski definition) is 3. The van der Waals surface area contributed by atoms with E-state index in [0.29, 0.717) is 19.0 Å². The Morgan fingerprint density at radius 1 is 1.35 bits per heavy atom. The number of rotatable bonds is 5. The fraction of sp³-hybridized carbons (Fsp3) is 0.588. The topological polar surface area (TPSA) is 73.8 Å². The fourth-order valence-corrected chi connectivity index (χ4v) is 4.16. The molecule has 0 spiro atoms. The summed E-state index contributed by atoms with van der Waals surface area (Å²) < 4.78 is 24.7. The molecule has 0 amide bonds. The van der Waals surface area contributed by atoms with Gasteiger partial charge in [0.2, 0.25) is 10.0 Å². The normalized spacial score (nSPS) is 18.1. The maximum atomic E-state index is 11.6. The molecule has 1 aromatic rings. The van der Waals surface area contributed by atoms with E-state index in [4.69, 9.17) is 11.6 Å². The third kappa shape index (κ3) is 6.86. The van der Waals surface area contributed by atoms with Crippen LogP contribution >= 0.6 is 35.6 Å². The molecule has 1 saturated heterocycles. The van der Waals surface area contributed by atoms with E-state index in [-0.39, 0.29) is 30.0 Å². The van der Waals surface area contributed by atoms with Gasteiger partial charge in [-0.05, 0) is 37.3 Å². The maximum absolute atomic E-state index is 11.6. The van der Waals surface area contributed by atoms with Crippen LogP contribution in [0.15, 0.2) is 29.3 Å². The van der Waals surface area contributed by atoms with Crippen LogP contribution in [-0.2, 0) is 10.0 Å². The number of nitrogens with zero attached hydrogens (tertiary/aromatic N) is 2. The van der Waals surface area contributed by atoms with Gasteiger partial charge < -0.3 is 10.6 Å². The third-order valence-corrected chi connectivity index (χ3v) is 6.20. The van der Waals surface area contributed by atoms with Gasteiger partial charge in [0, 0.05) is 31.7 Å². The van der Waals surface area contributed by atoms with Crippen LogP contribution < -0.4 is 10.6 Å². The molecule has 1 atom stereocenters. The summed E-state index contributed by atoms with van der Waals surface area (Å²) in [4.78, 5) is 4.27. The summed E-state index contributed by atoms with van der Waals surface area (Å²) >= 11 is 6.24. The lowest BCUT2D eigenvalue weighted by Gasteiger charge is -2.30. The van der Waals surface area contributed by atoms with Crippen LogP contribution in [-0.4, -0.2) is 51.6 Å². The summed E-state index contributed by atoms with van der Waals surface area (Å²) in [7, 11) is -1.33. The lowest BCUT2D eigenvalue weighted by molar-refractivity contribution is 0.274. The number of guanidine groups is 1. The smallest absolute Gasteiger partial charge is 0.211 e. The van der Waals surface area contributed by atoms with E-state index in [1.807, 2.05) is 31.2 Å². The van der Waals surface area contributed by atoms with Crippen molar-refractivity contribution in [2.24, 2.45) is 10.9 Å². The van der Waals surface area contributed by atoms with E-state index >= 15 is 0 Å². The molecule has 2 N–H and O–H groups in total. The SMILES string of the molecule is CN=C(NCC1CCN(S(C)(=O)=O)CC1)NC(C)c1ccccc1Cl.I. The quantitative estimate of drug-likeness (QED) is 0.360. The van der Waals surface area contributed by atoms with Crippen molar-refractivity contribution in [1.29, 1.82) is 0 Å². The lowest BCUT2D eigenvalue weighted by Crippen LogP contribution is -2.44. The first-order chi connectivity index (χ1) is 11.8. The second-order valence-electron chi connectivity index (χ2n) is 6.45. The molecule has 6 nitrogen and oxygen atoms in total. The Balaban J connectivity index is 0.00000338. The molecule has 1 fully saturated rings. The van der Waals surface area contributed by atoms with Crippen molar-refractivity contribution in [2.75, 3.05) is 32.9 Å². The van der Waals surface area contributed by atoms with E-state index in [1.54, 1.807) is 11.4 Å². The minimum atomic E-state index is -3.07. The molecule has 1 unspecified atom stereocenters. The van der Waals surface area contributed by atoms with E-state index in [9.17, 15) is 8.42 Å². The minimum Gasteiger partial charge on any atom is -0.356 e. The Hall–Kier alpha value is -0.580. The van der Waals surface area contributed by atoms with Crippen molar-refractivity contribution in [3.63, 3.8) is 0 Å². The van der Waals surface area contributed by atoms with Crippen molar-refractivity contribution in [3.05, 3.63) is 34.9 Å². The Morgan fingerprint density at radius 2 is 1.96 bits per heavy atom. The second-order valence-corrected chi connectivity index (χ2v) is 8.84. The predicted molar refractivity (Wildman–Crippen MR) is 119 cm³/mol. The zero-order valence-corrected chi connectivity index (χ0v) is 19.3. The zero-order valence-electron chi connectivity index (χ0n) is 15.4. The van der Waals surface area contributed by atoms with Gasteiger partial charge in [0.1, 0.15) is 0 Å². The van der Waals surface area contributed by atoms with E-state index < -0.39 is 10.0 Å². The molecule has 26 heavy (non-hydrogen) atoms. The number of hydrogen-bond donors (Lipinski definition) is 2. The monoisotopic (exact) mass is 514 g/mol. The molecule has 9 heteroatoms. The number of halogens is 2. The number of nitrogens with one attached hydrogen (secondary N) is 2. The van der Waals surface area contributed by atoms with E-state index in [1.165, 1.54) is 6.26 Å². The van der Waals surface area contributed by atoms with Crippen LogP contribution in [0.5, 0.6) is 0 Å². The van der Waals surface area contributed by atoms with Gasteiger partial charge in [-0.25, -0.2) is 12.7 Å². The first kappa shape index (κ1) is 23.5. The highest BCUT2D eigenvalue weighted by Gasteiger charge is 2.25. The van der Waals surface area contributed by atoms with Gasteiger partial charge in [0.15, 0.2) is 5.96 Å². The van der Waals surface area contributed by atoms with Crippen LogP contribution in [0.1, 0.15) is 31.4 Å². The van der Waals surface area contributed by atoms with Gasteiger partial charge in [-0.15, -0.1) is 24.0 Å². The largest absolute Gasteiger partial charge is 0.356 e. The highest BCUT2D eigenvalue weighted by Crippen LogP contribution is 2.22. The van der Waals surface area contributed by atoms with Gasteiger partial charge in [0.05, 0.1) is 12.3 Å². The van der Waals surface area contributed by atoms with Crippen LogP contribution in [0.4, 0.5) is 0 Å². The van der Waals surface area contributed by atoms with Crippen LogP contribution in [0, 0.1) is 5.92 Å². The highest BCUT2D eigenvalue weighted by molar-refractivity contribution is 14.0. The number of piperidine rings is 1. The Bertz CT molecular complexity index is 706. The molecule has 1 aliphatic rings. The molecule has 1 aromatic carbocycles. The molecule has 1 aliphatic heterocycles. The molecule has 2 rings (SSSR count). The lowest BCUT2D eigenvalue weighted by atomic mass is 9.98. The number of benzene rings is 1. The summed E-state index contributed by atoms with van der Waals surface area (Å²) in [5.74, 6) is 1.16. The molecule has 0 saturated carbocycles. The maximum Gasteiger partial charge on any atom is 0.211 e. The number of aliphatic imine (C=N–C) groups is 1. The summed E-state index contributed by atoms with van der Waals surface area (Å²) in [5.41, 5.74) is 1.02. The first-order valence-electron chi connectivity index (χ1n) is 8.48. The minimum absolute atomic E-state index is 0.